The van der Waals surface area contributed by atoms with Gasteiger partial charge in [-0.1, -0.05) is 73.9 Å². The van der Waals surface area contributed by atoms with Crippen LogP contribution in [0.5, 0.6) is 5.75 Å². The minimum Gasteiger partial charge on any atom is -0.508 e. The molecule has 10 heteroatoms. The number of benzene rings is 3. The molecule has 5 N–H and O–H groups in total. The first-order chi connectivity index (χ1) is 21.7. The van der Waals surface area contributed by atoms with Crippen molar-refractivity contribution in [1.29, 1.82) is 0 Å². The van der Waals surface area contributed by atoms with E-state index in [1.807, 2.05) is 56.3 Å². The van der Waals surface area contributed by atoms with Crippen molar-refractivity contribution in [2.45, 2.75) is 64.5 Å². The number of anilines is 2. The van der Waals surface area contributed by atoms with Gasteiger partial charge < -0.3 is 21.5 Å². The minimum atomic E-state index is -1.12. The third-order valence-corrected chi connectivity index (χ3v) is 9.25. The number of nitrogen functional groups attached to an aromatic ring is 1. The molecule has 0 spiro atoms. The number of hydrogen-bond donors (Lipinski definition) is 4. The Labute approximate surface area is 267 Å². The maximum atomic E-state index is 14.6. The average molecular weight is 626 g/mol. The largest absolute Gasteiger partial charge is 0.508 e. The molecule has 1 atom stereocenters. The Morgan fingerprint density at radius 2 is 1.69 bits per heavy atom. The van der Waals surface area contributed by atoms with Crippen molar-refractivity contribution in [3.05, 3.63) is 106 Å². The number of amides is 3. The van der Waals surface area contributed by atoms with Crippen LogP contribution in [0.2, 0.25) is 0 Å². The van der Waals surface area contributed by atoms with Gasteiger partial charge in [0.05, 0.1) is 5.69 Å². The first-order valence-electron chi connectivity index (χ1n) is 15.3. The van der Waals surface area contributed by atoms with Crippen molar-refractivity contribution in [2.75, 3.05) is 17.2 Å². The van der Waals surface area contributed by atoms with Crippen molar-refractivity contribution in [3.8, 4) is 5.75 Å². The molecule has 3 amide bonds. The Morgan fingerprint density at radius 1 is 0.978 bits per heavy atom. The van der Waals surface area contributed by atoms with E-state index in [-0.39, 0.29) is 28.0 Å². The number of nitrogens with two attached hydrogens (primary N) is 1. The zero-order valence-electron chi connectivity index (χ0n) is 25.6. The molecule has 0 bridgehead atoms. The second-order valence-corrected chi connectivity index (χ2v) is 12.3. The first-order valence-corrected chi connectivity index (χ1v) is 16.1. The lowest BCUT2D eigenvalue weighted by atomic mass is 9.95. The van der Waals surface area contributed by atoms with Gasteiger partial charge in [0.15, 0.2) is 5.69 Å². The molecule has 45 heavy (non-hydrogen) atoms. The number of aromatic hydroxyl groups is 1. The van der Waals surface area contributed by atoms with E-state index in [9.17, 15) is 19.5 Å². The Morgan fingerprint density at radius 3 is 2.40 bits per heavy atom. The van der Waals surface area contributed by atoms with Gasteiger partial charge in [-0.25, -0.2) is 0 Å². The van der Waals surface area contributed by atoms with Gasteiger partial charge in [-0.3, -0.25) is 19.3 Å². The maximum absolute atomic E-state index is 14.6. The van der Waals surface area contributed by atoms with Crippen LogP contribution in [-0.4, -0.2) is 39.8 Å². The van der Waals surface area contributed by atoms with E-state index in [2.05, 4.69) is 15.0 Å². The molecule has 5 rings (SSSR count). The van der Waals surface area contributed by atoms with Gasteiger partial charge in [0.25, 0.3) is 11.8 Å². The Balaban J connectivity index is 1.52. The summed E-state index contributed by atoms with van der Waals surface area (Å²) in [6.07, 6.45) is 5.66. The van der Waals surface area contributed by atoms with Gasteiger partial charge >= 0.3 is 0 Å². The number of aryl methyl sites for hydroxylation is 1. The highest BCUT2D eigenvalue weighted by atomic mass is 32.1. The highest BCUT2D eigenvalue weighted by molar-refractivity contribution is 7.09. The number of nitrogens with zero attached hydrogens (tertiary/aromatic N) is 2. The van der Waals surface area contributed by atoms with Crippen molar-refractivity contribution in [1.82, 2.24) is 15.0 Å². The highest BCUT2D eigenvalue weighted by Crippen LogP contribution is 2.36. The molecule has 1 aromatic heterocycles. The topological polar surface area (TPSA) is 138 Å². The number of nitrogens with one attached hydrogen (secondary N) is 2. The lowest BCUT2D eigenvalue weighted by Gasteiger charge is -2.32. The lowest BCUT2D eigenvalue weighted by Crippen LogP contribution is -2.45. The fourth-order valence-corrected chi connectivity index (χ4v) is 6.47. The molecule has 0 saturated heterocycles. The Kier molecular flexibility index (Phi) is 10.1. The summed E-state index contributed by atoms with van der Waals surface area (Å²) in [7, 11) is 0. The van der Waals surface area contributed by atoms with Gasteiger partial charge in [0.2, 0.25) is 5.91 Å². The molecule has 4 aromatic rings. The zero-order valence-corrected chi connectivity index (χ0v) is 26.4. The molecule has 1 fully saturated rings. The number of phenols is 1. The normalized spacial score (nSPS) is 14.0. The van der Waals surface area contributed by atoms with Crippen LogP contribution < -0.4 is 21.3 Å². The highest BCUT2D eigenvalue weighted by Gasteiger charge is 2.37. The van der Waals surface area contributed by atoms with Crippen molar-refractivity contribution in [3.63, 3.8) is 0 Å². The van der Waals surface area contributed by atoms with E-state index >= 15 is 0 Å². The Hall–Kier alpha value is -4.70. The molecule has 1 saturated carbocycles. The van der Waals surface area contributed by atoms with Crippen molar-refractivity contribution >= 4 is 40.6 Å². The number of aromatic nitrogens is 1. The summed E-state index contributed by atoms with van der Waals surface area (Å²) < 4.78 is 4.31. The third-order valence-electron chi connectivity index (χ3n) is 8.40. The van der Waals surface area contributed by atoms with Crippen LogP contribution >= 0.6 is 11.5 Å². The lowest BCUT2D eigenvalue weighted by molar-refractivity contribution is -0.122. The van der Waals surface area contributed by atoms with Gasteiger partial charge in [0, 0.05) is 18.3 Å². The first kappa shape index (κ1) is 31.7. The van der Waals surface area contributed by atoms with E-state index in [1.54, 1.807) is 18.2 Å². The predicted octanol–water partition coefficient (Wildman–Crippen LogP) is 5.86. The molecule has 3 aromatic carbocycles. The van der Waals surface area contributed by atoms with Crippen molar-refractivity contribution < 1.29 is 19.5 Å². The smallest absolute Gasteiger partial charge is 0.273 e. The minimum absolute atomic E-state index is 0.0115. The SMILES string of the molecule is Cc1cccc(N(C(=O)c2snc(C(=O)NC3CCCCC3)c2N)C(C(=O)NCCc2ccccc2)c2ccc(O)cc2)c1C. The standard InChI is InChI=1S/C35H39N5O4S/c1-22-10-9-15-28(23(22)2)40(35(44)32-29(36)30(39-45-32)33(42)38-26-13-7-4-8-14-26)31(25-16-18-27(41)19-17-25)34(43)37-21-20-24-11-5-3-6-12-24/h3,5-6,9-12,15-19,26,31,41H,4,7-8,13-14,20-21,36H2,1-2H3,(H,37,43)(H,38,42). The Bertz CT molecular complexity index is 1650. The fraction of sp³-hybridized carbons (Fsp3) is 0.314. The molecule has 0 aliphatic heterocycles. The molecule has 1 heterocycles. The summed E-state index contributed by atoms with van der Waals surface area (Å²) in [5, 5.41) is 16.1. The van der Waals surface area contributed by atoms with Crippen LogP contribution in [0.3, 0.4) is 0 Å². The third kappa shape index (κ3) is 7.34. The van der Waals surface area contributed by atoms with E-state index < -0.39 is 23.8 Å². The van der Waals surface area contributed by atoms with Gasteiger partial charge in [-0.05, 0) is 85.1 Å². The quantitative estimate of drug-likeness (QED) is 0.174. The van der Waals surface area contributed by atoms with Crippen LogP contribution in [0.25, 0.3) is 0 Å². The van der Waals surface area contributed by atoms with Crippen LogP contribution in [0.4, 0.5) is 11.4 Å². The molecular weight excluding hydrogens is 586 g/mol. The second-order valence-electron chi connectivity index (χ2n) is 11.5. The molecule has 1 aliphatic carbocycles. The molecule has 234 valence electrons. The van der Waals surface area contributed by atoms with Crippen LogP contribution in [0.15, 0.2) is 72.8 Å². The molecule has 1 unspecified atom stereocenters. The summed E-state index contributed by atoms with van der Waals surface area (Å²) in [6, 6.07) is 20.5. The second kappa shape index (κ2) is 14.4. The zero-order chi connectivity index (χ0) is 31.9. The molecule has 0 radical (unpaired) electrons. The maximum Gasteiger partial charge on any atom is 0.273 e. The monoisotopic (exact) mass is 625 g/mol. The predicted molar refractivity (Wildman–Crippen MR) is 178 cm³/mol. The summed E-state index contributed by atoms with van der Waals surface area (Å²) in [4.78, 5) is 43.4. The number of carbonyl (C=O) groups excluding carboxylic acids is 3. The van der Waals surface area contributed by atoms with E-state index in [4.69, 9.17) is 5.73 Å². The van der Waals surface area contributed by atoms with Crippen LogP contribution in [0.1, 0.15) is 80.6 Å². The summed E-state index contributed by atoms with van der Waals surface area (Å²) in [5.41, 5.74) is 10.3. The summed E-state index contributed by atoms with van der Waals surface area (Å²) in [5.74, 6) is -1.32. The fourth-order valence-electron chi connectivity index (χ4n) is 5.73. The summed E-state index contributed by atoms with van der Waals surface area (Å²) >= 11 is 0.851. The average Bonchev–Trinajstić information content (AvgIpc) is 3.44. The number of phenolic OH excluding ortho intramolecular Hbond substituents is 1. The van der Waals surface area contributed by atoms with Crippen molar-refractivity contribution in [2.24, 2.45) is 0 Å². The van der Waals surface area contributed by atoms with Crippen LogP contribution in [-0.2, 0) is 11.2 Å². The molecule has 9 nitrogen and oxygen atoms in total. The van der Waals surface area contributed by atoms with Gasteiger partial charge in [-0.2, -0.15) is 4.37 Å². The summed E-state index contributed by atoms with van der Waals surface area (Å²) in [6.45, 7) is 4.18. The number of hydrogen-bond acceptors (Lipinski definition) is 7. The van der Waals surface area contributed by atoms with Crippen LogP contribution in [0, 0.1) is 13.8 Å². The van der Waals surface area contributed by atoms with E-state index in [1.165, 1.54) is 17.0 Å². The molecular formula is C35H39N5O4S. The number of carbonyl (C=O) groups is 3. The van der Waals surface area contributed by atoms with Gasteiger partial charge in [-0.15, -0.1) is 0 Å². The molecule has 1 aliphatic rings. The van der Waals surface area contributed by atoms with E-state index in [0.29, 0.717) is 24.2 Å². The number of rotatable bonds is 10. The van der Waals surface area contributed by atoms with Gasteiger partial charge in [0.1, 0.15) is 16.7 Å². The van der Waals surface area contributed by atoms with E-state index in [0.717, 1.165) is 60.3 Å².